The summed E-state index contributed by atoms with van der Waals surface area (Å²) in [5.41, 5.74) is 5.06. The third kappa shape index (κ3) is 3.43. The number of carbonyl (C=O) groups is 1. The largest absolute Gasteiger partial charge is 0.486 e. The van der Waals surface area contributed by atoms with E-state index in [1.807, 2.05) is 45.0 Å². The van der Waals surface area contributed by atoms with E-state index in [-0.39, 0.29) is 30.5 Å². The minimum atomic E-state index is -0.916. The van der Waals surface area contributed by atoms with Gasteiger partial charge >= 0.3 is 0 Å². The summed E-state index contributed by atoms with van der Waals surface area (Å²) in [4.78, 5) is 12.6. The molecule has 1 aliphatic carbocycles. The molecule has 7 heteroatoms. The average molecular weight is 371 g/mol. The summed E-state index contributed by atoms with van der Waals surface area (Å²) in [6.07, 6.45) is 0.322. The van der Waals surface area contributed by atoms with Crippen molar-refractivity contribution >= 4 is 18.3 Å². The SMILES string of the molecule is CCOC1CC(N)(C(=O)NCC2COc3ccccc3O2)C1(C)C.Cl. The van der Waals surface area contributed by atoms with Crippen molar-refractivity contribution in [1.82, 2.24) is 5.32 Å². The van der Waals surface area contributed by atoms with Gasteiger partial charge in [0.1, 0.15) is 18.2 Å². The van der Waals surface area contributed by atoms with Gasteiger partial charge < -0.3 is 25.3 Å². The maximum absolute atomic E-state index is 12.6. The van der Waals surface area contributed by atoms with Crippen LogP contribution in [0.3, 0.4) is 0 Å². The van der Waals surface area contributed by atoms with Gasteiger partial charge in [0, 0.05) is 18.4 Å². The molecule has 1 heterocycles. The van der Waals surface area contributed by atoms with E-state index in [0.717, 1.165) is 5.75 Å². The summed E-state index contributed by atoms with van der Waals surface area (Å²) in [7, 11) is 0. The summed E-state index contributed by atoms with van der Waals surface area (Å²) in [5.74, 6) is 1.27. The molecule has 3 N–H and O–H groups in total. The lowest BCUT2D eigenvalue weighted by Gasteiger charge is -2.57. The van der Waals surface area contributed by atoms with E-state index in [1.165, 1.54) is 0 Å². The van der Waals surface area contributed by atoms with E-state index in [0.29, 0.717) is 31.9 Å². The molecule has 0 bridgehead atoms. The number of halogens is 1. The van der Waals surface area contributed by atoms with Gasteiger partial charge in [-0.15, -0.1) is 12.4 Å². The second-order valence-corrected chi connectivity index (χ2v) is 7.05. The molecule has 1 aliphatic heterocycles. The lowest BCUT2D eigenvalue weighted by Crippen LogP contribution is -2.76. The second kappa shape index (κ2) is 7.40. The van der Waals surface area contributed by atoms with Crippen LogP contribution in [0.5, 0.6) is 11.5 Å². The highest BCUT2D eigenvalue weighted by Crippen LogP contribution is 2.49. The summed E-state index contributed by atoms with van der Waals surface area (Å²) in [6, 6.07) is 7.51. The van der Waals surface area contributed by atoms with E-state index >= 15 is 0 Å². The van der Waals surface area contributed by atoms with Crippen LogP contribution in [0.1, 0.15) is 27.2 Å². The second-order valence-electron chi connectivity index (χ2n) is 7.05. The van der Waals surface area contributed by atoms with Crippen LogP contribution >= 0.6 is 12.4 Å². The van der Waals surface area contributed by atoms with Crippen molar-refractivity contribution < 1.29 is 19.0 Å². The van der Waals surface area contributed by atoms with Gasteiger partial charge in [0.25, 0.3) is 0 Å². The Morgan fingerprint density at radius 3 is 2.68 bits per heavy atom. The number of nitrogens with one attached hydrogen (secondary N) is 1. The molecule has 1 amide bonds. The van der Waals surface area contributed by atoms with Gasteiger partial charge in [-0.05, 0) is 19.1 Å². The van der Waals surface area contributed by atoms with Gasteiger partial charge in [-0.25, -0.2) is 0 Å². The summed E-state index contributed by atoms with van der Waals surface area (Å²) < 4.78 is 17.2. The molecule has 1 aromatic carbocycles. The van der Waals surface area contributed by atoms with E-state index in [2.05, 4.69) is 5.32 Å². The quantitative estimate of drug-likeness (QED) is 0.827. The smallest absolute Gasteiger partial charge is 0.240 e. The third-order valence-corrected chi connectivity index (χ3v) is 5.29. The highest BCUT2D eigenvalue weighted by atomic mass is 35.5. The summed E-state index contributed by atoms with van der Waals surface area (Å²) in [5, 5.41) is 2.92. The number of nitrogens with two attached hydrogens (primary N) is 1. The van der Waals surface area contributed by atoms with Crippen molar-refractivity contribution in [2.24, 2.45) is 11.1 Å². The molecular formula is C18H27ClN2O4. The Morgan fingerprint density at radius 2 is 2.04 bits per heavy atom. The predicted octanol–water partition coefficient (Wildman–Crippen LogP) is 1.90. The van der Waals surface area contributed by atoms with Gasteiger partial charge in [0.2, 0.25) is 5.91 Å². The Labute approximate surface area is 154 Å². The number of rotatable bonds is 5. The number of hydrogen-bond donors (Lipinski definition) is 2. The summed E-state index contributed by atoms with van der Waals surface area (Å²) >= 11 is 0. The normalized spacial score (nSPS) is 29.1. The zero-order valence-corrected chi connectivity index (χ0v) is 15.7. The lowest BCUT2D eigenvalue weighted by molar-refractivity contribution is -0.170. The van der Waals surface area contributed by atoms with Gasteiger partial charge in [-0.1, -0.05) is 26.0 Å². The van der Waals surface area contributed by atoms with Crippen molar-refractivity contribution in [3.05, 3.63) is 24.3 Å². The molecule has 140 valence electrons. The molecule has 1 saturated carbocycles. The van der Waals surface area contributed by atoms with Crippen molar-refractivity contribution in [3.8, 4) is 11.5 Å². The maximum atomic E-state index is 12.6. The van der Waals surface area contributed by atoms with Crippen molar-refractivity contribution in [3.63, 3.8) is 0 Å². The fourth-order valence-electron chi connectivity index (χ4n) is 3.35. The van der Waals surface area contributed by atoms with Crippen LogP contribution < -0.4 is 20.5 Å². The van der Waals surface area contributed by atoms with Gasteiger partial charge in [0.05, 0.1) is 12.6 Å². The van der Waals surface area contributed by atoms with Crippen molar-refractivity contribution in [1.29, 1.82) is 0 Å². The van der Waals surface area contributed by atoms with Crippen LogP contribution in [0, 0.1) is 5.41 Å². The topological polar surface area (TPSA) is 82.8 Å². The van der Waals surface area contributed by atoms with Gasteiger partial charge in [-0.2, -0.15) is 0 Å². The number of ether oxygens (including phenoxy) is 3. The first-order chi connectivity index (χ1) is 11.4. The molecule has 3 unspecified atom stereocenters. The molecule has 0 radical (unpaired) electrons. The number of hydrogen-bond acceptors (Lipinski definition) is 5. The number of benzene rings is 1. The van der Waals surface area contributed by atoms with E-state index in [1.54, 1.807) is 0 Å². The Morgan fingerprint density at radius 1 is 1.36 bits per heavy atom. The van der Waals surface area contributed by atoms with E-state index in [4.69, 9.17) is 19.9 Å². The Balaban J connectivity index is 0.00000225. The highest BCUT2D eigenvalue weighted by molar-refractivity contribution is 5.88. The molecule has 0 aromatic heterocycles. The van der Waals surface area contributed by atoms with Crippen LogP contribution in [-0.2, 0) is 9.53 Å². The molecule has 1 aromatic rings. The number of amides is 1. The molecule has 3 atom stereocenters. The number of fused-ring (bicyclic) bond motifs is 1. The first-order valence-electron chi connectivity index (χ1n) is 8.45. The van der Waals surface area contributed by atoms with Crippen molar-refractivity contribution in [2.45, 2.75) is 44.9 Å². The van der Waals surface area contributed by atoms with E-state index in [9.17, 15) is 4.79 Å². The number of para-hydroxylation sites is 2. The van der Waals surface area contributed by atoms with Gasteiger partial charge in [-0.3, -0.25) is 4.79 Å². The van der Waals surface area contributed by atoms with Crippen LogP contribution in [0.2, 0.25) is 0 Å². The fourth-order valence-corrected chi connectivity index (χ4v) is 3.35. The molecule has 6 nitrogen and oxygen atoms in total. The molecule has 2 aliphatic rings. The maximum Gasteiger partial charge on any atom is 0.240 e. The minimum absolute atomic E-state index is 0. The standard InChI is InChI=1S/C18H26N2O4.ClH/c1-4-22-15-9-18(19,17(15,2)3)16(21)20-10-12-11-23-13-7-5-6-8-14(13)24-12;/h5-8,12,15H,4,9-11,19H2,1-3H3,(H,20,21);1H. The summed E-state index contributed by atoms with van der Waals surface area (Å²) in [6.45, 7) is 7.30. The van der Waals surface area contributed by atoms with Crippen LogP contribution in [0.4, 0.5) is 0 Å². The molecule has 25 heavy (non-hydrogen) atoms. The van der Waals surface area contributed by atoms with Crippen LogP contribution in [0.15, 0.2) is 24.3 Å². The Kier molecular flexibility index (Phi) is 5.86. The van der Waals surface area contributed by atoms with Gasteiger partial charge in [0.15, 0.2) is 11.5 Å². The predicted molar refractivity (Wildman–Crippen MR) is 97.3 cm³/mol. The van der Waals surface area contributed by atoms with E-state index < -0.39 is 11.0 Å². The highest BCUT2D eigenvalue weighted by Gasteiger charge is 2.62. The third-order valence-electron chi connectivity index (χ3n) is 5.29. The first-order valence-corrected chi connectivity index (χ1v) is 8.45. The minimum Gasteiger partial charge on any atom is -0.486 e. The Hall–Kier alpha value is -1.50. The molecular weight excluding hydrogens is 344 g/mol. The first kappa shape index (κ1) is 19.8. The van der Waals surface area contributed by atoms with Crippen LogP contribution in [-0.4, -0.2) is 43.4 Å². The number of carbonyl (C=O) groups excluding carboxylic acids is 1. The average Bonchev–Trinajstić information content (AvgIpc) is 2.59. The lowest BCUT2D eigenvalue weighted by atomic mass is 9.54. The monoisotopic (exact) mass is 370 g/mol. The molecule has 0 spiro atoms. The molecule has 0 saturated heterocycles. The Bertz CT molecular complexity index is 625. The molecule has 1 fully saturated rings. The molecule has 3 rings (SSSR count). The van der Waals surface area contributed by atoms with Crippen LogP contribution in [0.25, 0.3) is 0 Å². The zero-order chi connectivity index (χ0) is 17.4. The van der Waals surface area contributed by atoms with Crippen molar-refractivity contribution in [2.75, 3.05) is 19.8 Å². The fraction of sp³-hybridized carbons (Fsp3) is 0.611. The zero-order valence-electron chi connectivity index (χ0n) is 14.9.